The van der Waals surface area contributed by atoms with Crippen molar-refractivity contribution in [1.29, 1.82) is 0 Å². The maximum atomic E-state index is 13.3. The highest BCUT2D eigenvalue weighted by molar-refractivity contribution is 5.92. The summed E-state index contributed by atoms with van der Waals surface area (Å²) in [6.45, 7) is 20.6. The topological polar surface area (TPSA) is 152 Å². The van der Waals surface area contributed by atoms with Crippen molar-refractivity contribution in [3.8, 4) is 23.7 Å². The Morgan fingerprint density at radius 3 is 1.64 bits per heavy atom. The number of cyclic esters (lactones) is 2. The first-order valence-electron chi connectivity index (χ1n) is 31.2. The normalized spacial score (nSPS) is 18.3. The largest absolute Gasteiger partial charge is 0.462 e. The first-order valence-corrected chi connectivity index (χ1v) is 31.2. The number of aliphatic hydroxyl groups is 1. The summed E-state index contributed by atoms with van der Waals surface area (Å²) in [5.74, 6) is 14.7. The van der Waals surface area contributed by atoms with Crippen LogP contribution < -0.4 is 0 Å². The molecule has 4 aromatic carbocycles. The number of fused-ring (bicyclic) bond motifs is 2. The van der Waals surface area contributed by atoms with Gasteiger partial charge in [0.2, 0.25) is 0 Å². The Bertz CT molecular complexity index is 3480. The second-order valence-corrected chi connectivity index (χ2v) is 26.0. The summed E-state index contributed by atoms with van der Waals surface area (Å²) < 4.78 is 35.0. The summed E-state index contributed by atoms with van der Waals surface area (Å²) in [4.78, 5) is 52.3. The van der Waals surface area contributed by atoms with E-state index in [1.807, 2.05) is 98.8 Å². The van der Waals surface area contributed by atoms with E-state index in [1.165, 1.54) is 11.1 Å². The van der Waals surface area contributed by atoms with Gasteiger partial charge in [-0.2, -0.15) is 0 Å². The predicted octanol–water partition coefficient (Wildman–Crippen LogP) is 15.4. The van der Waals surface area contributed by atoms with E-state index in [1.54, 1.807) is 6.92 Å². The number of benzene rings is 4. The summed E-state index contributed by atoms with van der Waals surface area (Å²) >= 11 is 0. The Morgan fingerprint density at radius 1 is 0.616 bits per heavy atom. The molecule has 2 aliphatic heterocycles. The number of carbonyl (C=O) groups excluding carboxylic acids is 4. The van der Waals surface area contributed by atoms with Crippen molar-refractivity contribution in [2.45, 2.75) is 158 Å². The van der Waals surface area contributed by atoms with Crippen molar-refractivity contribution in [2.75, 3.05) is 19.8 Å². The van der Waals surface area contributed by atoms with Crippen molar-refractivity contribution >= 4 is 45.8 Å². The molecule has 11 nitrogen and oxygen atoms in total. The highest BCUT2D eigenvalue weighted by Crippen LogP contribution is 2.35. The van der Waals surface area contributed by atoms with Gasteiger partial charge in [-0.15, -0.1) is 0 Å². The third-order valence-corrected chi connectivity index (χ3v) is 16.4. The number of aryl methyl sites for hydroxylation is 2. The fourth-order valence-corrected chi connectivity index (χ4v) is 11.9. The van der Waals surface area contributed by atoms with E-state index in [2.05, 4.69) is 96.4 Å². The zero-order valence-electron chi connectivity index (χ0n) is 52.2. The lowest BCUT2D eigenvalue weighted by atomic mass is 9.83. The lowest BCUT2D eigenvalue weighted by Gasteiger charge is -2.25. The SMILES string of the molecule is Cc1ccc(C#Cc2ccc3cc(C[C@@H](C)C(=O)OC[C@]4(CO)C/C(=C\CC(CC(C)C)CC(C)CCc5ccc(C#Cc6ccc7cc(C[C@H](C)C(=O)OC[C@@H]8C/C(=C\CC(CC(C)C)CC(C)C)C(=O)O8)oc7c6)cc5)C(=O)O4)oc3c2)cc1. The Morgan fingerprint density at radius 2 is 1.10 bits per heavy atom. The standard InChI is InChI=1S/C75H88O11/c1-48(2)33-60(34-49(3)4)27-31-64-43-68(85-73(64)79)45-81-71(77)53(9)37-66-41-62-30-26-59(40-69(62)83-66)24-22-57-19-17-56(18-20-57)16-13-52(8)36-61(35-50(5)6)28-32-65-44-75(46-76,86-74(65)80)47-82-72(78)54(10)38-67-42-63-29-25-58(39-70(63)84-67)23-21-55-14-11-51(7)12-15-55/h11-12,14-15,17-20,25-26,29-32,39-42,48-50,52-54,60-61,68,76H,13,16,27-28,33-38,43-47H2,1-10H3/b64-31+,65-32+/t52?,53-,54+,61?,68-,75+/m0/s1. The van der Waals surface area contributed by atoms with Crippen LogP contribution in [0.25, 0.3) is 21.9 Å². The first kappa shape index (κ1) is 64.4. The van der Waals surface area contributed by atoms with Gasteiger partial charge in [-0.05, 0) is 172 Å². The van der Waals surface area contributed by atoms with Crippen LogP contribution in [0.4, 0.5) is 0 Å². The number of hydrogen-bond donors (Lipinski definition) is 1. The molecule has 2 saturated heterocycles. The minimum atomic E-state index is -1.33. The molecule has 8 rings (SSSR count). The molecule has 6 atom stereocenters. The molecule has 0 amide bonds. The number of esters is 4. The van der Waals surface area contributed by atoms with E-state index in [-0.39, 0.29) is 31.6 Å². The van der Waals surface area contributed by atoms with Gasteiger partial charge in [0, 0.05) is 69.9 Å². The number of hydrogen-bond acceptors (Lipinski definition) is 11. The molecule has 0 aliphatic carbocycles. The summed E-state index contributed by atoms with van der Waals surface area (Å²) in [7, 11) is 0. The zero-order chi connectivity index (χ0) is 61.5. The minimum absolute atomic E-state index is 0.0318. The number of allylic oxidation sites excluding steroid dienone is 2. The van der Waals surface area contributed by atoms with Crippen LogP contribution in [0.2, 0.25) is 0 Å². The van der Waals surface area contributed by atoms with Gasteiger partial charge in [-0.3, -0.25) is 9.59 Å². The second-order valence-electron chi connectivity index (χ2n) is 26.0. The first-order chi connectivity index (χ1) is 41.2. The van der Waals surface area contributed by atoms with Crippen LogP contribution in [0.3, 0.4) is 0 Å². The number of ether oxygens (including phenoxy) is 4. The molecule has 0 radical (unpaired) electrons. The van der Waals surface area contributed by atoms with Crippen LogP contribution in [0.5, 0.6) is 0 Å². The minimum Gasteiger partial charge on any atom is -0.462 e. The average molecular weight is 1170 g/mol. The van der Waals surface area contributed by atoms with E-state index in [0.717, 1.165) is 78.0 Å². The zero-order valence-corrected chi connectivity index (χ0v) is 52.2. The Kier molecular flexibility index (Phi) is 22.6. The van der Waals surface area contributed by atoms with Crippen LogP contribution >= 0.6 is 0 Å². The predicted molar refractivity (Wildman–Crippen MR) is 338 cm³/mol. The van der Waals surface area contributed by atoms with Crippen LogP contribution in [-0.2, 0) is 57.4 Å². The maximum absolute atomic E-state index is 13.3. The van der Waals surface area contributed by atoms with Gasteiger partial charge in [0.25, 0.3) is 0 Å². The number of carbonyl (C=O) groups is 4. The Hall–Kier alpha value is -7.60. The molecule has 0 spiro atoms. The molecule has 0 bridgehead atoms. The lowest BCUT2D eigenvalue weighted by molar-refractivity contribution is -0.168. The fraction of sp³-hybridized carbons (Fsp3) is 0.467. The van der Waals surface area contributed by atoms with Gasteiger partial charge in [0.1, 0.15) is 42.0 Å². The molecular weight excluding hydrogens is 1080 g/mol. The van der Waals surface area contributed by atoms with E-state index >= 15 is 0 Å². The van der Waals surface area contributed by atoms with Crippen LogP contribution in [0, 0.1) is 77.9 Å². The molecule has 6 aromatic rings. The summed E-state index contributed by atoms with van der Waals surface area (Å²) in [5.41, 5.74) is 7.15. The molecule has 2 aromatic heterocycles. The van der Waals surface area contributed by atoms with Gasteiger partial charge < -0.3 is 32.9 Å². The molecule has 2 aliphatic rings. The van der Waals surface area contributed by atoms with Crippen molar-refractivity contribution in [2.24, 2.45) is 47.3 Å². The molecule has 454 valence electrons. The molecule has 11 heteroatoms. The molecule has 0 saturated carbocycles. The third kappa shape index (κ3) is 18.9. The number of furan rings is 2. The van der Waals surface area contributed by atoms with Crippen molar-refractivity contribution in [3.05, 3.63) is 165 Å². The Balaban J connectivity index is 0.758. The van der Waals surface area contributed by atoms with Crippen molar-refractivity contribution in [3.63, 3.8) is 0 Å². The quantitative estimate of drug-likeness (QED) is 0.0239. The van der Waals surface area contributed by atoms with Crippen molar-refractivity contribution in [1.82, 2.24) is 0 Å². The third-order valence-electron chi connectivity index (χ3n) is 16.4. The molecular formula is C75H88O11. The summed E-state index contributed by atoms with van der Waals surface area (Å²) in [6.07, 6.45) is 12.6. The number of rotatable bonds is 26. The molecule has 2 fully saturated rings. The van der Waals surface area contributed by atoms with E-state index < -0.39 is 42.1 Å². The van der Waals surface area contributed by atoms with Gasteiger partial charge >= 0.3 is 23.9 Å². The van der Waals surface area contributed by atoms with E-state index in [9.17, 15) is 24.3 Å². The van der Waals surface area contributed by atoms with E-state index in [0.29, 0.717) is 95.0 Å². The molecule has 86 heavy (non-hydrogen) atoms. The number of aliphatic hydroxyl groups excluding tert-OH is 1. The van der Waals surface area contributed by atoms with E-state index in [4.69, 9.17) is 27.8 Å². The smallest absolute Gasteiger partial charge is 0.334 e. The van der Waals surface area contributed by atoms with Gasteiger partial charge in [-0.1, -0.05) is 128 Å². The maximum Gasteiger partial charge on any atom is 0.334 e. The van der Waals surface area contributed by atoms with Gasteiger partial charge in [0.15, 0.2) is 5.60 Å². The monoisotopic (exact) mass is 1160 g/mol. The fourth-order valence-electron chi connectivity index (χ4n) is 11.9. The second kappa shape index (κ2) is 30.2. The molecule has 2 unspecified atom stereocenters. The highest BCUT2D eigenvalue weighted by atomic mass is 16.6. The van der Waals surface area contributed by atoms with Crippen LogP contribution in [0.1, 0.15) is 165 Å². The molecule has 4 heterocycles. The summed E-state index contributed by atoms with van der Waals surface area (Å²) in [5, 5.41) is 12.3. The van der Waals surface area contributed by atoms with Gasteiger partial charge in [-0.25, -0.2) is 9.59 Å². The Labute approximate surface area is 509 Å². The van der Waals surface area contributed by atoms with Crippen molar-refractivity contribution < 1.29 is 52.1 Å². The van der Waals surface area contributed by atoms with Crippen LogP contribution in [0.15, 0.2) is 129 Å². The molecule has 1 N–H and O–H groups in total. The summed E-state index contributed by atoms with van der Waals surface area (Å²) in [6, 6.07) is 32.0. The highest BCUT2D eigenvalue weighted by Gasteiger charge is 2.45. The van der Waals surface area contributed by atoms with Crippen LogP contribution in [-0.4, -0.2) is 60.5 Å². The lowest BCUT2D eigenvalue weighted by Crippen LogP contribution is -2.40. The van der Waals surface area contributed by atoms with Gasteiger partial charge in [0.05, 0.1) is 18.4 Å². The average Bonchev–Trinajstić information content (AvgIpc) is 2.46.